The van der Waals surface area contributed by atoms with Crippen LogP contribution in [0.3, 0.4) is 0 Å². The zero-order valence-electron chi connectivity index (χ0n) is 19.2. The Labute approximate surface area is 206 Å². The number of fused-ring (bicyclic) bond motifs is 2. The molecular formula is C32H19N3O. The zero-order chi connectivity index (χ0) is 23.6. The number of aromatic nitrogens is 3. The van der Waals surface area contributed by atoms with E-state index in [0.29, 0.717) is 5.82 Å². The molecule has 168 valence electrons. The predicted octanol–water partition coefficient (Wildman–Crippen LogP) is 8.24. The normalized spacial score (nSPS) is 11.9. The Morgan fingerprint density at radius 2 is 1.53 bits per heavy atom. The molecule has 0 N–H and O–H groups in total. The molecule has 0 fully saturated rings. The number of hydrogen-bond acceptors (Lipinski definition) is 3. The molecular weight excluding hydrogens is 442 g/mol. The summed E-state index contributed by atoms with van der Waals surface area (Å²) in [4.78, 5) is 9.50. The maximum absolute atomic E-state index is 5.89. The van der Waals surface area contributed by atoms with Gasteiger partial charge in [0.15, 0.2) is 5.82 Å². The highest BCUT2D eigenvalue weighted by Crippen LogP contribution is 2.42. The second-order valence-electron chi connectivity index (χ2n) is 9.12. The Hall–Kier alpha value is -4.96. The molecule has 0 saturated heterocycles. The molecule has 5 aromatic carbocycles. The fourth-order valence-corrected chi connectivity index (χ4v) is 5.51. The molecule has 0 aliphatic heterocycles. The van der Waals surface area contributed by atoms with E-state index in [4.69, 9.17) is 9.40 Å². The summed E-state index contributed by atoms with van der Waals surface area (Å²) in [5, 5.41) is 5.97. The summed E-state index contributed by atoms with van der Waals surface area (Å²) in [5.41, 5.74) is 7.33. The van der Waals surface area contributed by atoms with Gasteiger partial charge < -0.3 is 8.98 Å². The van der Waals surface area contributed by atoms with E-state index in [1.807, 2.05) is 36.5 Å². The minimum Gasteiger partial charge on any atom is -0.464 e. The lowest BCUT2D eigenvalue weighted by molar-refractivity contribution is 0.619. The van der Waals surface area contributed by atoms with Gasteiger partial charge in [0.05, 0.1) is 23.0 Å². The van der Waals surface area contributed by atoms with Crippen LogP contribution >= 0.6 is 0 Å². The van der Waals surface area contributed by atoms with Crippen molar-refractivity contribution >= 4 is 43.5 Å². The van der Waals surface area contributed by atoms with E-state index in [1.165, 1.54) is 27.2 Å². The van der Waals surface area contributed by atoms with Crippen molar-refractivity contribution in [1.82, 2.24) is 14.5 Å². The summed E-state index contributed by atoms with van der Waals surface area (Å²) in [6, 6.07) is 35.8. The van der Waals surface area contributed by atoms with E-state index in [0.717, 1.165) is 38.9 Å². The first kappa shape index (κ1) is 19.4. The Morgan fingerprint density at radius 1 is 0.639 bits per heavy atom. The highest BCUT2D eigenvalue weighted by Gasteiger charge is 2.19. The van der Waals surface area contributed by atoms with Crippen LogP contribution in [-0.2, 0) is 0 Å². The van der Waals surface area contributed by atoms with E-state index in [2.05, 4.69) is 82.3 Å². The first-order chi connectivity index (χ1) is 17.8. The molecule has 0 unspecified atom stereocenters. The van der Waals surface area contributed by atoms with Crippen molar-refractivity contribution in [2.45, 2.75) is 0 Å². The zero-order valence-corrected chi connectivity index (χ0v) is 19.2. The van der Waals surface area contributed by atoms with E-state index in [9.17, 15) is 0 Å². The Kier molecular flexibility index (Phi) is 3.91. The van der Waals surface area contributed by atoms with Gasteiger partial charge in [0.2, 0.25) is 0 Å². The van der Waals surface area contributed by atoms with Crippen molar-refractivity contribution in [3.8, 4) is 28.3 Å². The van der Waals surface area contributed by atoms with Crippen LogP contribution in [0.1, 0.15) is 0 Å². The topological polar surface area (TPSA) is 43.9 Å². The second kappa shape index (κ2) is 7.27. The molecule has 36 heavy (non-hydrogen) atoms. The highest BCUT2D eigenvalue weighted by atomic mass is 16.3. The molecule has 0 amide bonds. The predicted molar refractivity (Wildman–Crippen MR) is 146 cm³/mol. The maximum atomic E-state index is 5.89. The summed E-state index contributed by atoms with van der Waals surface area (Å²) in [6.07, 6.45) is 3.60. The average molecular weight is 462 g/mol. The molecule has 3 aromatic heterocycles. The Morgan fingerprint density at radius 3 is 2.47 bits per heavy atom. The number of rotatable bonds is 3. The number of benzene rings is 5. The number of nitrogens with zero attached hydrogens (tertiary/aromatic N) is 3. The summed E-state index contributed by atoms with van der Waals surface area (Å²) >= 11 is 0. The van der Waals surface area contributed by atoms with Gasteiger partial charge in [0.1, 0.15) is 5.58 Å². The van der Waals surface area contributed by atoms with Crippen LogP contribution in [0.25, 0.3) is 71.9 Å². The van der Waals surface area contributed by atoms with Gasteiger partial charge in [-0.05, 0) is 47.9 Å². The summed E-state index contributed by atoms with van der Waals surface area (Å²) in [5.74, 6) is 0.712. The smallest absolute Gasteiger partial charge is 0.159 e. The van der Waals surface area contributed by atoms with E-state index >= 15 is 0 Å². The van der Waals surface area contributed by atoms with Crippen LogP contribution in [0, 0.1) is 0 Å². The van der Waals surface area contributed by atoms with Gasteiger partial charge >= 0.3 is 0 Å². The van der Waals surface area contributed by atoms with Crippen LogP contribution in [-0.4, -0.2) is 14.5 Å². The van der Waals surface area contributed by atoms with Crippen molar-refractivity contribution in [3.63, 3.8) is 0 Å². The number of furan rings is 1. The molecule has 8 aromatic rings. The molecule has 0 atom stereocenters. The van der Waals surface area contributed by atoms with Gasteiger partial charge in [-0.2, -0.15) is 0 Å². The van der Waals surface area contributed by atoms with Crippen LogP contribution < -0.4 is 0 Å². The van der Waals surface area contributed by atoms with Gasteiger partial charge in [-0.25, -0.2) is 9.97 Å². The van der Waals surface area contributed by atoms with Crippen LogP contribution in [0.15, 0.2) is 120 Å². The van der Waals surface area contributed by atoms with Crippen molar-refractivity contribution in [2.75, 3.05) is 0 Å². The monoisotopic (exact) mass is 461 g/mol. The molecule has 0 saturated carbocycles. The molecule has 4 heteroatoms. The summed E-state index contributed by atoms with van der Waals surface area (Å²) in [7, 11) is 0. The Balaban J connectivity index is 1.38. The van der Waals surface area contributed by atoms with Crippen molar-refractivity contribution in [2.24, 2.45) is 0 Å². The molecule has 0 spiro atoms. The lowest BCUT2D eigenvalue weighted by Gasteiger charge is -2.10. The van der Waals surface area contributed by atoms with Gasteiger partial charge in [-0.15, -0.1) is 0 Å². The first-order valence-corrected chi connectivity index (χ1v) is 12.0. The van der Waals surface area contributed by atoms with Crippen molar-refractivity contribution < 1.29 is 4.42 Å². The summed E-state index contributed by atoms with van der Waals surface area (Å²) in [6.45, 7) is 0. The molecule has 0 aliphatic carbocycles. The number of hydrogen-bond donors (Lipinski definition) is 0. The van der Waals surface area contributed by atoms with Crippen molar-refractivity contribution in [1.29, 1.82) is 0 Å². The minimum absolute atomic E-state index is 0.712. The van der Waals surface area contributed by atoms with Gasteiger partial charge in [0, 0.05) is 44.6 Å². The second-order valence-corrected chi connectivity index (χ2v) is 9.12. The fourth-order valence-electron chi connectivity index (χ4n) is 5.51. The largest absolute Gasteiger partial charge is 0.464 e. The SMILES string of the molecule is c1ccc(-c2ccnc(-c3cccc(-n4c5cccc6ccc7c8occc8cc4c7c65)c3)n2)cc1. The lowest BCUT2D eigenvalue weighted by Crippen LogP contribution is -1.96. The molecule has 4 nitrogen and oxygen atoms in total. The van der Waals surface area contributed by atoms with E-state index in [1.54, 1.807) is 6.26 Å². The molecule has 3 heterocycles. The molecule has 8 rings (SSSR count). The van der Waals surface area contributed by atoms with Gasteiger partial charge in [-0.1, -0.05) is 60.7 Å². The average Bonchev–Trinajstić information content (AvgIpc) is 3.55. The molecule has 0 aliphatic rings. The van der Waals surface area contributed by atoms with Gasteiger partial charge in [-0.3, -0.25) is 0 Å². The lowest BCUT2D eigenvalue weighted by atomic mass is 10.0. The minimum atomic E-state index is 0.712. The van der Waals surface area contributed by atoms with Crippen LogP contribution in [0.5, 0.6) is 0 Å². The maximum Gasteiger partial charge on any atom is 0.159 e. The standard InChI is InChI=1S/C32H19N3O/c1-2-6-20(7-3-1)26-14-16-33-32(34-26)23-9-4-10-24(18-23)35-27-11-5-8-21-12-13-25-30(29(21)27)28(35)19-22-15-17-36-31(22)25/h1-19H. The third-order valence-corrected chi connectivity index (χ3v) is 7.08. The molecule has 0 radical (unpaired) electrons. The van der Waals surface area contributed by atoms with Gasteiger partial charge in [0.25, 0.3) is 0 Å². The molecule has 0 bridgehead atoms. The van der Waals surface area contributed by atoms with E-state index in [-0.39, 0.29) is 0 Å². The third-order valence-electron chi connectivity index (χ3n) is 7.08. The third kappa shape index (κ3) is 2.70. The summed E-state index contributed by atoms with van der Waals surface area (Å²) < 4.78 is 8.24. The Bertz CT molecular complexity index is 2050. The van der Waals surface area contributed by atoms with Crippen molar-refractivity contribution in [3.05, 3.63) is 116 Å². The quantitative estimate of drug-likeness (QED) is 0.249. The first-order valence-electron chi connectivity index (χ1n) is 12.0. The van der Waals surface area contributed by atoms with Crippen LogP contribution in [0.4, 0.5) is 0 Å². The van der Waals surface area contributed by atoms with E-state index < -0.39 is 0 Å². The highest BCUT2D eigenvalue weighted by molar-refractivity contribution is 6.29. The van der Waals surface area contributed by atoms with Crippen LogP contribution in [0.2, 0.25) is 0 Å². The fraction of sp³-hybridized carbons (Fsp3) is 0.